The van der Waals surface area contributed by atoms with Crippen LogP contribution in [0.3, 0.4) is 0 Å². The lowest BCUT2D eigenvalue weighted by Crippen LogP contribution is -2.63. The Hall–Kier alpha value is -4.02. The van der Waals surface area contributed by atoms with Gasteiger partial charge in [0.25, 0.3) is 5.91 Å². The molecular weight excluding hydrogens is 478 g/mol. The fourth-order valence-corrected chi connectivity index (χ4v) is 6.12. The van der Waals surface area contributed by atoms with Crippen LogP contribution in [0, 0.1) is 18.8 Å². The van der Waals surface area contributed by atoms with Crippen LogP contribution in [0.1, 0.15) is 27.9 Å². The Kier molecular flexibility index (Phi) is 5.50. The lowest BCUT2D eigenvalue weighted by Gasteiger charge is -2.50. The fourth-order valence-electron chi connectivity index (χ4n) is 6.12. The van der Waals surface area contributed by atoms with Gasteiger partial charge in [-0.1, -0.05) is 6.07 Å². The summed E-state index contributed by atoms with van der Waals surface area (Å²) in [4.78, 5) is 45.1. The number of allylic oxidation sites excluding steroid dienone is 1. The van der Waals surface area contributed by atoms with Gasteiger partial charge in [-0.2, -0.15) is 0 Å². The van der Waals surface area contributed by atoms with Gasteiger partial charge in [-0.15, -0.1) is 0 Å². The molecule has 0 radical (unpaired) electrons. The van der Waals surface area contributed by atoms with Crippen molar-refractivity contribution in [2.24, 2.45) is 17.6 Å². The largest absolute Gasteiger partial charge is 0.510 e. The van der Waals surface area contributed by atoms with Crippen molar-refractivity contribution in [3.63, 3.8) is 0 Å². The molecule has 0 fully saturated rings. The Morgan fingerprint density at radius 2 is 1.84 bits per heavy atom. The zero-order valence-electron chi connectivity index (χ0n) is 20.5. The normalized spacial score (nSPS) is 27.2. The smallest absolute Gasteiger partial charge is 0.255 e. The molecule has 1 heterocycles. The lowest BCUT2D eigenvalue weighted by molar-refractivity contribution is -0.148. The first-order chi connectivity index (χ1) is 17.4. The molecule has 10 nitrogen and oxygen atoms in total. The highest BCUT2D eigenvalue weighted by Gasteiger charge is 2.63. The van der Waals surface area contributed by atoms with Gasteiger partial charge in [0.05, 0.1) is 17.3 Å². The number of aromatic nitrogens is 1. The van der Waals surface area contributed by atoms with Gasteiger partial charge < -0.3 is 26.2 Å². The molecule has 5 rings (SSSR count). The minimum atomic E-state index is -2.66. The van der Waals surface area contributed by atoms with E-state index in [1.807, 2.05) is 19.1 Å². The number of aliphatic hydroxyl groups excluding tert-OH is 2. The average molecular weight is 506 g/mol. The van der Waals surface area contributed by atoms with E-state index in [2.05, 4.69) is 4.98 Å². The summed E-state index contributed by atoms with van der Waals surface area (Å²) in [6.07, 6.45) is 1.92. The predicted octanol–water partition coefficient (Wildman–Crippen LogP) is 1.49. The van der Waals surface area contributed by atoms with Gasteiger partial charge in [-0.05, 0) is 69.1 Å². The minimum absolute atomic E-state index is 0.0299. The van der Waals surface area contributed by atoms with Gasteiger partial charge in [0.15, 0.2) is 11.4 Å². The molecule has 10 heteroatoms. The van der Waals surface area contributed by atoms with Crippen LogP contribution in [-0.2, 0) is 16.0 Å². The number of carbonyl (C=O) groups excluding carboxylic acids is 3. The van der Waals surface area contributed by atoms with E-state index in [0.717, 1.165) is 5.56 Å². The number of phenols is 1. The van der Waals surface area contributed by atoms with Crippen LogP contribution in [0.15, 0.2) is 53.1 Å². The summed E-state index contributed by atoms with van der Waals surface area (Å²) in [7, 11) is 3.18. The van der Waals surface area contributed by atoms with Gasteiger partial charge in [-0.25, -0.2) is 0 Å². The van der Waals surface area contributed by atoms with Crippen molar-refractivity contribution in [2.45, 2.75) is 31.4 Å². The lowest BCUT2D eigenvalue weighted by atomic mass is 9.58. The maximum atomic E-state index is 13.8. The number of aryl methyl sites for hydroxylation is 1. The van der Waals surface area contributed by atoms with E-state index >= 15 is 0 Å². The van der Waals surface area contributed by atoms with Crippen molar-refractivity contribution >= 4 is 17.5 Å². The van der Waals surface area contributed by atoms with Gasteiger partial charge >= 0.3 is 0 Å². The summed E-state index contributed by atoms with van der Waals surface area (Å²) in [5.74, 6) is -6.74. The number of likely N-dealkylation sites (N-methyl/N-ethyl adjacent to an activating group) is 1. The van der Waals surface area contributed by atoms with E-state index in [-0.39, 0.29) is 29.7 Å². The highest BCUT2D eigenvalue weighted by atomic mass is 16.3. The average Bonchev–Trinajstić information content (AvgIpc) is 2.82. The molecule has 4 atom stereocenters. The summed E-state index contributed by atoms with van der Waals surface area (Å²) in [5, 5.41) is 44.5. The number of phenolic OH excluding ortho intramolecular Hbond substituents is 1. The molecule has 192 valence electrons. The van der Waals surface area contributed by atoms with Gasteiger partial charge in [0.1, 0.15) is 22.8 Å². The van der Waals surface area contributed by atoms with Crippen LogP contribution in [0.25, 0.3) is 11.3 Å². The fraction of sp³-hybridized carbons (Fsp3) is 0.333. The molecule has 0 aliphatic heterocycles. The van der Waals surface area contributed by atoms with E-state index in [1.165, 1.54) is 11.0 Å². The molecule has 2 aromatic rings. The molecule has 3 aliphatic rings. The number of amides is 1. The van der Waals surface area contributed by atoms with Crippen LogP contribution < -0.4 is 5.73 Å². The number of hydrogen-bond acceptors (Lipinski definition) is 9. The van der Waals surface area contributed by atoms with Gasteiger partial charge in [-0.3, -0.25) is 24.3 Å². The molecule has 0 saturated heterocycles. The van der Waals surface area contributed by atoms with Crippen molar-refractivity contribution < 1.29 is 34.8 Å². The van der Waals surface area contributed by atoms with Crippen LogP contribution in [0.5, 0.6) is 5.75 Å². The molecule has 0 spiro atoms. The Morgan fingerprint density at radius 3 is 2.43 bits per heavy atom. The maximum Gasteiger partial charge on any atom is 0.255 e. The predicted molar refractivity (Wildman–Crippen MR) is 132 cm³/mol. The second-order valence-corrected chi connectivity index (χ2v) is 10.2. The first-order valence-corrected chi connectivity index (χ1v) is 11.8. The number of hydrogen-bond donors (Lipinski definition) is 5. The zero-order valence-corrected chi connectivity index (χ0v) is 20.5. The van der Waals surface area contributed by atoms with Crippen molar-refractivity contribution in [1.29, 1.82) is 0 Å². The number of carbonyl (C=O) groups is 3. The molecule has 0 saturated carbocycles. The number of rotatable bonds is 3. The van der Waals surface area contributed by atoms with E-state index < -0.39 is 58.0 Å². The monoisotopic (exact) mass is 505 g/mol. The molecule has 0 bridgehead atoms. The minimum Gasteiger partial charge on any atom is -0.510 e. The molecule has 1 amide bonds. The second kappa shape index (κ2) is 8.25. The molecule has 37 heavy (non-hydrogen) atoms. The number of Topliss-reactive ketones (excluding diaryl/α,β-unsaturated/α-hetero) is 2. The Morgan fingerprint density at radius 1 is 1.14 bits per heavy atom. The topological polar surface area (TPSA) is 174 Å². The number of pyridine rings is 1. The standard InChI is InChI=1S/C27H27N3O7/c1-11-4-6-16(29-10-11)13-5-7-17(31)19-14(13)8-12-9-15-21(30(2)3)23(33)20(26(28)36)25(35)27(15,37)24(34)18(12)22(19)32/h4-7,10,12,15,21,31,33-34,37H,8-9H2,1-3H3,(H2,28,36). The van der Waals surface area contributed by atoms with Crippen molar-refractivity contribution in [3.05, 3.63) is 69.8 Å². The maximum absolute atomic E-state index is 13.8. The third-order valence-electron chi connectivity index (χ3n) is 7.79. The van der Waals surface area contributed by atoms with Crippen molar-refractivity contribution in [1.82, 2.24) is 9.88 Å². The number of fused-ring (bicyclic) bond motifs is 3. The summed E-state index contributed by atoms with van der Waals surface area (Å²) in [6, 6.07) is 5.70. The number of aromatic hydroxyl groups is 1. The van der Waals surface area contributed by atoms with Gasteiger partial charge in [0.2, 0.25) is 5.78 Å². The molecule has 1 aromatic carbocycles. The van der Waals surface area contributed by atoms with Crippen LogP contribution in [0.4, 0.5) is 0 Å². The molecule has 1 aromatic heterocycles. The zero-order chi connectivity index (χ0) is 27.0. The Bertz CT molecular complexity index is 1440. The molecular formula is C27H27N3O7. The highest BCUT2D eigenvalue weighted by molar-refractivity contribution is 6.24. The Labute approximate surface area is 212 Å². The number of ketones is 2. The summed E-state index contributed by atoms with van der Waals surface area (Å²) < 4.78 is 0. The first kappa shape index (κ1) is 24.7. The number of benzene rings is 1. The van der Waals surface area contributed by atoms with Crippen molar-refractivity contribution in [2.75, 3.05) is 14.1 Å². The molecule has 3 aliphatic carbocycles. The highest BCUT2D eigenvalue weighted by Crippen LogP contribution is 2.53. The SMILES string of the molecule is Cc1ccc(-c2ccc(O)c3c2CC2CC4C(N(C)C)C(O)=C(C(N)=O)C(=O)C4(O)C(O)=C2C3=O)nc1. The summed E-state index contributed by atoms with van der Waals surface area (Å²) >= 11 is 0. The quantitative estimate of drug-likeness (QED) is 0.387. The van der Waals surface area contributed by atoms with Crippen molar-refractivity contribution in [3.8, 4) is 17.0 Å². The Balaban J connectivity index is 1.72. The first-order valence-electron chi connectivity index (χ1n) is 11.8. The number of nitrogens with zero attached hydrogens (tertiary/aromatic N) is 2. The van der Waals surface area contributed by atoms with E-state index in [9.17, 15) is 34.8 Å². The molecule has 4 unspecified atom stereocenters. The summed E-state index contributed by atoms with van der Waals surface area (Å²) in [6.45, 7) is 1.90. The number of primary amides is 1. The number of nitrogens with two attached hydrogens (primary N) is 1. The van der Waals surface area contributed by atoms with E-state index in [4.69, 9.17) is 5.73 Å². The van der Waals surface area contributed by atoms with Crippen LogP contribution in [0.2, 0.25) is 0 Å². The third-order valence-corrected chi connectivity index (χ3v) is 7.79. The molecule has 6 N–H and O–H groups in total. The number of aliphatic hydroxyl groups is 3. The van der Waals surface area contributed by atoms with E-state index in [0.29, 0.717) is 16.8 Å². The van der Waals surface area contributed by atoms with Crippen LogP contribution in [-0.4, -0.2) is 73.5 Å². The van der Waals surface area contributed by atoms with E-state index in [1.54, 1.807) is 26.4 Å². The van der Waals surface area contributed by atoms with Gasteiger partial charge in [0, 0.05) is 23.3 Å². The second-order valence-electron chi connectivity index (χ2n) is 10.2. The van der Waals surface area contributed by atoms with Crippen LogP contribution >= 0.6 is 0 Å². The summed E-state index contributed by atoms with van der Waals surface area (Å²) in [5.41, 5.74) is 4.36. The third kappa shape index (κ3) is 3.32.